The summed E-state index contributed by atoms with van der Waals surface area (Å²) in [5.74, 6) is -12.1. The summed E-state index contributed by atoms with van der Waals surface area (Å²) in [5, 5.41) is 96.9. The molecule has 0 saturated carbocycles. The molecule has 0 saturated heterocycles. The van der Waals surface area contributed by atoms with Crippen molar-refractivity contribution in [2.24, 2.45) is 27.1 Å². The Morgan fingerprint density at radius 1 is 0.371 bits per heavy atom. The molecule has 28 nitrogen and oxygen atoms in total. The molecule has 0 aromatic rings. The van der Waals surface area contributed by atoms with E-state index in [1.807, 2.05) is 24.3 Å². The predicted molar refractivity (Wildman–Crippen MR) is 333 cm³/mol. The zero-order chi connectivity index (χ0) is 73.9. The first-order chi connectivity index (χ1) is 44.9. The first-order valence-electron chi connectivity index (χ1n) is 30.1. The van der Waals surface area contributed by atoms with Crippen LogP contribution in [0, 0.1) is 118 Å². The summed E-state index contributed by atoms with van der Waals surface area (Å²) < 4.78 is 23.4. The van der Waals surface area contributed by atoms with Gasteiger partial charge in [-0.3, -0.25) is 53.2 Å². The zero-order valence-corrected chi connectivity index (χ0v) is 57.0. The summed E-state index contributed by atoms with van der Waals surface area (Å²) in [4.78, 5) is 153. The number of allylic oxidation sites excluding steroid dienone is 12. The summed E-state index contributed by atoms with van der Waals surface area (Å²) in [6, 6.07) is 14.4. The number of aliphatic hydroxyl groups is 1. The van der Waals surface area contributed by atoms with Gasteiger partial charge in [0, 0.05) is 71.3 Å². The van der Waals surface area contributed by atoms with Gasteiger partial charge >= 0.3 is 23.9 Å². The van der Waals surface area contributed by atoms with Crippen molar-refractivity contribution < 1.29 is 76.8 Å². The third kappa shape index (κ3) is 17.7. The van der Waals surface area contributed by atoms with Crippen molar-refractivity contribution in [2.45, 2.75) is 168 Å². The highest BCUT2D eigenvalue weighted by Gasteiger charge is 2.46. The fraction of sp³-hybridized carbons (Fsp3) is 0.493. The van der Waals surface area contributed by atoms with E-state index < -0.39 is 170 Å². The van der Waals surface area contributed by atoms with Crippen LogP contribution in [0.1, 0.15) is 162 Å². The van der Waals surface area contributed by atoms with Gasteiger partial charge in [0.1, 0.15) is 109 Å². The maximum atomic E-state index is 14.9. The second-order valence-electron chi connectivity index (χ2n) is 27.1. The maximum Gasteiger partial charge on any atom is 0.349 e. The topological polar surface area (TPSA) is 448 Å². The summed E-state index contributed by atoms with van der Waals surface area (Å²) >= 11 is 0. The molecule has 28 heteroatoms. The van der Waals surface area contributed by atoms with Gasteiger partial charge in [-0.05, 0) is 102 Å². The third-order valence-corrected chi connectivity index (χ3v) is 16.2. The van der Waals surface area contributed by atoms with E-state index in [0.717, 1.165) is 53.4 Å². The Morgan fingerprint density at radius 3 is 0.732 bits per heavy atom. The standard InChI is InChI=1S/C69H74N12O16/c1-37(82)78(38(2)83)57-21-65(9,10)17-45(49(57)25-70)53(29-74)61(90)94-33-69(34-95-62(91)54(30-75)46-18-66(11,12)22-58(50(46)26-71)79(39(3)84)40(4)85,35-96-63(92)55(31-76)47-19-67(13,14)23-59(51(47)27-72)80(41(5)86)42(6)87)36-97-64(93)56(32-77)48-20-68(15,16)24-60(52(48)28-73)81(43(7)88)44(8)89/h37,82H,17-24,33-36H2,1-16H3/b53-45+,54-46-,55-47+,56-48+. The van der Waals surface area contributed by atoms with Crippen LogP contribution in [0.15, 0.2) is 89.7 Å². The van der Waals surface area contributed by atoms with Gasteiger partial charge in [-0.1, -0.05) is 55.4 Å². The van der Waals surface area contributed by atoms with E-state index in [0.29, 0.717) is 14.7 Å². The van der Waals surface area contributed by atoms with Crippen molar-refractivity contribution in [1.29, 1.82) is 42.1 Å². The summed E-state index contributed by atoms with van der Waals surface area (Å²) in [6.07, 6.45) is -2.86. The van der Waals surface area contributed by atoms with Crippen LogP contribution in [0.2, 0.25) is 0 Å². The molecule has 7 amide bonds. The second kappa shape index (κ2) is 30.8. The van der Waals surface area contributed by atoms with Crippen molar-refractivity contribution >= 4 is 65.2 Å². The first kappa shape index (κ1) is 78.0. The van der Waals surface area contributed by atoms with Gasteiger partial charge in [0.2, 0.25) is 41.4 Å². The van der Waals surface area contributed by atoms with Gasteiger partial charge in [-0.2, -0.15) is 42.1 Å². The molecule has 4 aliphatic carbocycles. The number of hydrogen-bond donors (Lipinski definition) is 1. The minimum Gasteiger partial charge on any atom is -0.461 e. The van der Waals surface area contributed by atoms with Crippen molar-refractivity contribution in [3.8, 4) is 48.6 Å². The number of carbonyl (C=O) groups is 11. The Morgan fingerprint density at radius 2 is 0.567 bits per heavy atom. The van der Waals surface area contributed by atoms with Crippen LogP contribution in [0.5, 0.6) is 0 Å². The van der Waals surface area contributed by atoms with Crippen LogP contribution in [0.3, 0.4) is 0 Å². The molecule has 0 radical (unpaired) electrons. The average Bonchev–Trinajstić information content (AvgIpc) is 0.791. The number of aliphatic hydroxyl groups excluding tert-OH is 1. The summed E-state index contributed by atoms with van der Waals surface area (Å²) in [7, 11) is 0. The van der Waals surface area contributed by atoms with Gasteiger partial charge in [-0.15, -0.1) is 0 Å². The van der Waals surface area contributed by atoms with Crippen LogP contribution in [0.4, 0.5) is 0 Å². The van der Waals surface area contributed by atoms with E-state index in [-0.39, 0.29) is 96.4 Å². The van der Waals surface area contributed by atoms with E-state index in [2.05, 4.69) is 0 Å². The monoisotopic (exact) mass is 1330 g/mol. The highest BCUT2D eigenvalue weighted by atomic mass is 16.6. The largest absolute Gasteiger partial charge is 0.461 e. The van der Waals surface area contributed by atoms with E-state index in [1.54, 1.807) is 79.7 Å². The van der Waals surface area contributed by atoms with E-state index in [1.165, 1.54) is 6.92 Å². The SMILES string of the molecule is CC(=O)N(C(C)=O)C1=C(C#N)/C(=C(/C#N)C(=O)OCC(COC(=O)/C(C#N)=C2\CC(C)(C)CC(N(C(C)=O)C(C)=O)=C2C#N)(COC(=O)/C(C#N)=C2\CC(C)(C)CC(N(C(C)=O)C(C)=O)=C2C#N)COC(=O)/C(C#N)=C2\CC(C)(C)CC(N(C(C)=O)C(C)O)=C2C#N)CC(C)(C)C1. The summed E-state index contributed by atoms with van der Waals surface area (Å²) in [5.41, 5.74) is -13.8. The van der Waals surface area contributed by atoms with Crippen molar-refractivity contribution in [3.05, 3.63) is 89.7 Å². The van der Waals surface area contributed by atoms with Gasteiger partial charge in [0.25, 0.3) is 0 Å². The van der Waals surface area contributed by atoms with E-state index in [4.69, 9.17) is 18.9 Å². The lowest BCUT2D eigenvalue weighted by Gasteiger charge is -2.38. The highest BCUT2D eigenvalue weighted by molar-refractivity contribution is 6.01. The molecule has 4 aliphatic rings. The Labute approximate surface area is 561 Å². The van der Waals surface area contributed by atoms with Crippen molar-refractivity contribution in [3.63, 3.8) is 0 Å². The van der Waals surface area contributed by atoms with Crippen LogP contribution in [-0.4, -0.2) is 123 Å². The molecule has 4 rings (SSSR count). The normalized spacial score (nSPS) is 19.2. The van der Waals surface area contributed by atoms with Crippen molar-refractivity contribution in [1.82, 2.24) is 19.6 Å². The molecule has 1 atom stereocenters. The fourth-order valence-electron chi connectivity index (χ4n) is 12.4. The smallest absolute Gasteiger partial charge is 0.349 e. The Balaban J connectivity index is 2.22. The minimum absolute atomic E-state index is 0.0477. The minimum atomic E-state index is -2.63. The van der Waals surface area contributed by atoms with Crippen LogP contribution >= 0.6 is 0 Å². The third-order valence-electron chi connectivity index (χ3n) is 16.2. The van der Waals surface area contributed by atoms with Gasteiger partial charge in [0.15, 0.2) is 0 Å². The van der Waals surface area contributed by atoms with E-state index >= 15 is 0 Å². The number of esters is 4. The number of nitrogens with zero attached hydrogens (tertiary/aromatic N) is 12. The molecule has 97 heavy (non-hydrogen) atoms. The lowest BCUT2D eigenvalue weighted by molar-refractivity contribution is -0.165. The number of ether oxygens (including phenoxy) is 4. The lowest BCUT2D eigenvalue weighted by Crippen LogP contribution is -2.44. The molecule has 0 spiro atoms. The molecule has 506 valence electrons. The van der Waals surface area contributed by atoms with Crippen LogP contribution in [-0.2, 0) is 71.7 Å². The Hall–Kier alpha value is -11.4. The number of amides is 7. The quantitative estimate of drug-likeness (QED) is 0.0495. The first-order valence-corrected chi connectivity index (χ1v) is 30.1. The molecule has 0 bridgehead atoms. The van der Waals surface area contributed by atoms with Gasteiger partial charge < -0.3 is 24.1 Å². The maximum absolute atomic E-state index is 14.9. The number of nitriles is 8. The fourth-order valence-corrected chi connectivity index (χ4v) is 12.4. The second-order valence-corrected chi connectivity index (χ2v) is 27.1. The molecule has 0 aliphatic heterocycles. The number of hydrogen-bond acceptors (Lipinski definition) is 24. The van der Waals surface area contributed by atoms with E-state index in [9.17, 15) is 99.9 Å². The molecular weight excluding hydrogens is 1250 g/mol. The summed E-state index contributed by atoms with van der Waals surface area (Å²) in [6.45, 7) is 16.4. The van der Waals surface area contributed by atoms with Crippen LogP contribution < -0.4 is 0 Å². The molecule has 1 unspecified atom stereocenters. The number of rotatable bonds is 17. The lowest BCUT2D eigenvalue weighted by atomic mass is 9.72. The van der Waals surface area contributed by atoms with Gasteiger partial charge in [0.05, 0.1) is 22.3 Å². The molecule has 1 N–H and O–H groups in total. The Kier molecular flexibility index (Phi) is 24.7. The molecular formula is C69H74N12O16. The number of carbonyl (C=O) groups excluding carboxylic acids is 11. The predicted octanol–water partition coefficient (Wildman–Crippen LogP) is 7.19. The zero-order valence-electron chi connectivity index (χ0n) is 57.0. The highest BCUT2D eigenvalue weighted by Crippen LogP contribution is 2.49. The molecule has 0 fully saturated rings. The average molecular weight is 1330 g/mol. The number of imide groups is 3. The van der Waals surface area contributed by atoms with Gasteiger partial charge in [-0.25, -0.2) is 19.2 Å². The Bertz CT molecular complexity index is 3780. The molecule has 0 aromatic heterocycles. The molecule has 0 heterocycles. The molecule has 0 aromatic carbocycles. The van der Waals surface area contributed by atoms with Crippen molar-refractivity contribution in [2.75, 3.05) is 26.4 Å². The van der Waals surface area contributed by atoms with Crippen LogP contribution in [0.25, 0.3) is 0 Å².